The van der Waals surface area contributed by atoms with Crippen LogP contribution in [-0.4, -0.2) is 46.6 Å². The third-order valence-electron chi connectivity index (χ3n) is 5.04. The van der Waals surface area contributed by atoms with Crippen LogP contribution < -0.4 is 5.32 Å². The third-order valence-corrected chi connectivity index (χ3v) is 5.04. The Morgan fingerprint density at radius 1 is 1.22 bits per heavy atom. The van der Waals surface area contributed by atoms with Crippen LogP contribution in [-0.2, 0) is 13.0 Å². The fourth-order valence-corrected chi connectivity index (χ4v) is 3.68. The molecule has 27 heavy (non-hydrogen) atoms. The van der Waals surface area contributed by atoms with E-state index < -0.39 is 6.10 Å². The van der Waals surface area contributed by atoms with Crippen molar-refractivity contribution in [3.05, 3.63) is 71.2 Å². The third kappa shape index (κ3) is 3.72. The first kappa shape index (κ1) is 17.7. The van der Waals surface area contributed by atoms with Gasteiger partial charge in [0, 0.05) is 49.2 Å². The largest absolute Gasteiger partial charge is 0.390 e. The molecular formula is C21H22FN3O2. The maximum absolute atomic E-state index is 14.0. The van der Waals surface area contributed by atoms with E-state index in [-0.39, 0.29) is 18.3 Å². The number of aliphatic hydroxyl groups is 1. The topological polar surface area (TPSA) is 68.4 Å². The second-order valence-corrected chi connectivity index (χ2v) is 6.96. The minimum Gasteiger partial charge on any atom is -0.390 e. The Kier molecular flexibility index (Phi) is 4.92. The number of β-amino-alcohol motifs (C(OH)–C–C–N with tert-alkyl or cyclic N) is 1. The van der Waals surface area contributed by atoms with Crippen LogP contribution in [0.5, 0.6) is 0 Å². The first-order chi connectivity index (χ1) is 13.1. The summed E-state index contributed by atoms with van der Waals surface area (Å²) in [7, 11) is 0. The average Bonchev–Trinajstić information content (AvgIpc) is 3.06. The van der Waals surface area contributed by atoms with E-state index in [1.165, 1.54) is 6.07 Å². The molecule has 1 aliphatic rings. The summed E-state index contributed by atoms with van der Waals surface area (Å²) in [6.07, 6.45) is 0.119. The van der Waals surface area contributed by atoms with Gasteiger partial charge in [-0.15, -0.1) is 0 Å². The number of rotatable bonds is 5. The van der Waals surface area contributed by atoms with Crippen LogP contribution in [0.2, 0.25) is 0 Å². The van der Waals surface area contributed by atoms with Crippen molar-refractivity contribution < 1.29 is 14.3 Å². The molecule has 0 spiro atoms. The van der Waals surface area contributed by atoms with Gasteiger partial charge in [-0.25, -0.2) is 4.39 Å². The monoisotopic (exact) mass is 367 g/mol. The van der Waals surface area contributed by atoms with Crippen molar-refractivity contribution in [2.75, 3.05) is 19.6 Å². The predicted octanol–water partition coefficient (Wildman–Crippen LogP) is 2.46. The summed E-state index contributed by atoms with van der Waals surface area (Å²) in [4.78, 5) is 17.4. The standard InChI is InChI=1S/C21H22FN3O2/c22-18-8-4-7-16-17-13-25(10-9-19(17)24-20(16)18)12-15(26)11-23-21(27)14-5-2-1-3-6-14/h1-8,15,24,26H,9-13H2,(H,23,27)/t15-/m0/s1. The van der Waals surface area contributed by atoms with Crippen LogP contribution in [0.15, 0.2) is 48.5 Å². The molecule has 1 atom stereocenters. The molecule has 0 unspecified atom stereocenters. The number of fused-ring (bicyclic) bond motifs is 3. The number of para-hydroxylation sites is 1. The van der Waals surface area contributed by atoms with Crippen molar-refractivity contribution in [2.45, 2.75) is 19.1 Å². The van der Waals surface area contributed by atoms with E-state index in [4.69, 9.17) is 0 Å². The molecule has 0 radical (unpaired) electrons. The zero-order valence-electron chi connectivity index (χ0n) is 14.9. The van der Waals surface area contributed by atoms with Gasteiger partial charge in [0.15, 0.2) is 0 Å². The van der Waals surface area contributed by atoms with Crippen LogP contribution in [0.25, 0.3) is 10.9 Å². The van der Waals surface area contributed by atoms with E-state index in [0.717, 1.165) is 29.6 Å². The Labute approximate surface area is 156 Å². The first-order valence-corrected chi connectivity index (χ1v) is 9.13. The Morgan fingerprint density at radius 3 is 2.85 bits per heavy atom. The van der Waals surface area contributed by atoms with Crippen LogP contribution in [0.3, 0.4) is 0 Å². The van der Waals surface area contributed by atoms with E-state index in [0.29, 0.717) is 24.2 Å². The van der Waals surface area contributed by atoms with Gasteiger partial charge < -0.3 is 15.4 Å². The number of halogens is 1. The van der Waals surface area contributed by atoms with Gasteiger partial charge in [-0.05, 0) is 23.8 Å². The van der Waals surface area contributed by atoms with Crippen LogP contribution in [0.1, 0.15) is 21.6 Å². The predicted molar refractivity (Wildman–Crippen MR) is 102 cm³/mol. The summed E-state index contributed by atoms with van der Waals surface area (Å²) in [5.74, 6) is -0.431. The molecule has 1 amide bonds. The summed E-state index contributed by atoms with van der Waals surface area (Å²) >= 11 is 0. The van der Waals surface area contributed by atoms with Gasteiger partial charge in [0.25, 0.3) is 5.91 Å². The molecule has 0 saturated carbocycles. The number of hydrogen-bond donors (Lipinski definition) is 3. The molecule has 0 fully saturated rings. The van der Waals surface area contributed by atoms with Gasteiger partial charge in [-0.1, -0.05) is 30.3 Å². The lowest BCUT2D eigenvalue weighted by Crippen LogP contribution is -2.41. The molecule has 3 aromatic rings. The molecule has 6 heteroatoms. The number of amides is 1. The number of aromatic amines is 1. The number of aliphatic hydroxyl groups excluding tert-OH is 1. The molecule has 1 aromatic heterocycles. The number of nitrogens with one attached hydrogen (secondary N) is 2. The van der Waals surface area contributed by atoms with Crippen molar-refractivity contribution in [2.24, 2.45) is 0 Å². The molecule has 3 N–H and O–H groups in total. The van der Waals surface area contributed by atoms with Crippen LogP contribution >= 0.6 is 0 Å². The fourth-order valence-electron chi connectivity index (χ4n) is 3.68. The van der Waals surface area contributed by atoms with E-state index >= 15 is 0 Å². The summed E-state index contributed by atoms with van der Waals surface area (Å²) in [6.45, 7) is 2.09. The van der Waals surface area contributed by atoms with Gasteiger partial charge >= 0.3 is 0 Å². The summed E-state index contributed by atoms with van der Waals surface area (Å²) in [5.41, 5.74) is 3.29. The van der Waals surface area contributed by atoms with Crippen molar-refractivity contribution >= 4 is 16.8 Å². The second kappa shape index (κ2) is 7.50. The molecular weight excluding hydrogens is 345 g/mol. The molecule has 2 aromatic carbocycles. The van der Waals surface area contributed by atoms with E-state index in [9.17, 15) is 14.3 Å². The minimum absolute atomic E-state index is 0.192. The zero-order chi connectivity index (χ0) is 18.8. The van der Waals surface area contributed by atoms with E-state index in [1.807, 2.05) is 12.1 Å². The first-order valence-electron chi connectivity index (χ1n) is 9.13. The lowest BCUT2D eigenvalue weighted by molar-refractivity contribution is 0.0842. The Bertz CT molecular complexity index is 955. The lowest BCUT2D eigenvalue weighted by Gasteiger charge is -2.29. The van der Waals surface area contributed by atoms with Crippen molar-refractivity contribution in [3.63, 3.8) is 0 Å². The maximum Gasteiger partial charge on any atom is 0.251 e. The molecule has 4 rings (SSSR count). The Hall–Kier alpha value is -2.70. The SMILES string of the molecule is O=C(NC[C@H](O)CN1CCc2[nH]c3c(F)cccc3c2C1)c1ccccc1. The fraction of sp³-hybridized carbons (Fsp3) is 0.286. The molecule has 0 aliphatic carbocycles. The Balaban J connectivity index is 1.36. The zero-order valence-corrected chi connectivity index (χ0v) is 14.9. The molecule has 0 bridgehead atoms. The highest BCUT2D eigenvalue weighted by molar-refractivity contribution is 5.94. The smallest absolute Gasteiger partial charge is 0.251 e. The number of H-pyrrole nitrogens is 1. The second-order valence-electron chi connectivity index (χ2n) is 6.96. The summed E-state index contributed by atoms with van der Waals surface area (Å²) < 4.78 is 14.0. The van der Waals surface area contributed by atoms with Crippen molar-refractivity contribution in [1.82, 2.24) is 15.2 Å². The number of aromatic nitrogens is 1. The molecule has 1 aliphatic heterocycles. The highest BCUT2D eigenvalue weighted by atomic mass is 19.1. The molecule has 0 saturated heterocycles. The van der Waals surface area contributed by atoms with Gasteiger partial charge in [-0.2, -0.15) is 0 Å². The highest BCUT2D eigenvalue weighted by Crippen LogP contribution is 2.29. The number of nitrogens with zero attached hydrogens (tertiary/aromatic N) is 1. The average molecular weight is 367 g/mol. The Morgan fingerprint density at radius 2 is 2.04 bits per heavy atom. The number of carbonyl (C=O) groups is 1. The lowest BCUT2D eigenvalue weighted by atomic mass is 10.0. The summed E-state index contributed by atoms with van der Waals surface area (Å²) in [5, 5.41) is 14.0. The number of benzene rings is 2. The van der Waals surface area contributed by atoms with Crippen molar-refractivity contribution in [3.8, 4) is 0 Å². The molecule has 5 nitrogen and oxygen atoms in total. The maximum atomic E-state index is 14.0. The van der Waals surface area contributed by atoms with E-state index in [1.54, 1.807) is 30.3 Å². The number of hydrogen-bond acceptors (Lipinski definition) is 3. The molecule has 140 valence electrons. The highest BCUT2D eigenvalue weighted by Gasteiger charge is 2.23. The quantitative estimate of drug-likeness (QED) is 0.649. The number of carbonyl (C=O) groups excluding carboxylic acids is 1. The minimum atomic E-state index is -0.666. The van der Waals surface area contributed by atoms with Gasteiger partial charge in [0.1, 0.15) is 5.82 Å². The van der Waals surface area contributed by atoms with Crippen LogP contribution in [0.4, 0.5) is 4.39 Å². The van der Waals surface area contributed by atoms with Crippen LogP contribution in [0, 0.1) is 5.82 Å². The van der Waals surface area contributed by atoms with Gasteiger partial charge in [-0.3, -0.25) is 9.69 Å². The van der Waals surface area contributed by atoms with Crippen molar-refractivity contribution in [1.29, 1.82) is 0 Å². The molecule has 2 heterocycles. The van der Waals surface area contributed by atoms with E-state index in [2.05, 4.69) is 15.2 Å². The normalized spacial score (nSPS) is 15.5. The summed E-state index contributed by atoms with van der Waals surface area (Å²) in [6, 6.07) is 14.1. The van der Waals surface area contributed by atoms with Gasteiger partial charge in [0.2, 0.25) is 0 Å². The van der Waals surface area contributed by atoms with Gasteiger partial charge in [0.05, 0.1) is 11.6 Å².